The van der Waals surface area contributed by atoms with Crippen molar-refractivity contribution in [3.8, 4) is 0 Å². The lowest BCUT2D eigenvalue weighted by Gasteiger charge is -2.30. The highest BCUT2D eigenvalue weighted by molar-refractivity contribution is 4.85. The van der Waals surface area contributed by atoms with Gasteiger partial charge >= 0.3 is 0 Å². The van der Waals surface area contributed by atoms with Crippen molar-refractivity contribution < 1.29 is 0 Å². The van der Waals surface area contributed by atoms with Crippen LogP contribution in [-0.2, 0) is 0 Å². The second kappa shape index (κ2) is 2.62. The van der Waals surface area contributed by atoms with Crippen LogP contribution in [0.3, 0.4) is 0 Å². The maximum atomic E-state index is 5.60. The Kier molecular flexibility index (Phi) is 2.02. The standard InChI is InChI=1S/C5H14N4/c6-3-1-4(7)5(8)9-2-3/h3-5,9H,1-2,6-8H2. The molecule has 1 rings (SSSR count). The van der Waals surface area contributed by atoms with E-state index in [1.807, 2.05) is 0 Å². The van der Waals surface area contributed by atoms with Crippen molar-refractivity contribution in [2.24, 2.45) is 17.2 Å². The molecule has 54 valence electrons. The maximum Gasteiger partial charge on any atom is 0.0703 e. The van der Waals surface area contributed by atoms with E-state index >= 15 is 0 Å². The molecule has 1 fully saturated rings. The zero-order valence-electron chi connectivity index (χ0n) is 5.38. The first-order valence-corrected chi connectivity index (χ1v) is 3.20. The number of rotatable bonds is 0. The fourth-order valence-electron chi connectivity index (χ4n) is 1.02. The van der Waals surface area contributed by atoms with Gasteiger partial charge in [0.1, 0.15) is 0 Å². The third-order valence-corrected chi connectivity index (χ3v) is 1.65. The molecule has 1 aliphatic rings. The highest BCUT2D eigenvalue weighted by Gasteiger charge is 2.21. The van der Waals surface area contributed by atoms with Crippen molar-refractivity contribution in [1.29, 1.82) is 0 Å². The molecule has 0 bridgehead atoms. The molecule has 3 atom stereocenters. The highest BCUT2D eigenvalue weighted by atomic mass is 15.1. The normalized spacial score (nSPS) is 45.0. The average Bonchev–Trinajstić information content (AvgIpc) is 1.80. The molecule has 0 amide bonds. The molecule has 0 aromatic rings. The highest BCUT2D eigenvalue weighted by Crippen LogP contribution is 2.00. The van der Waals surface area contributed by atoms with Gasteiger partial charge in [-0.2, -0.15) is 0 Å². The largest absolute Gasteiger partial charge is 0.326 e. The number of piperidine rings is 1. The SMILES string of the molecule is NC1CNC(N)C(N)C1. The van der Waals surface area contributed by atoms with Gasteiger partial charge in [0.05, 0.1) is 6.17 Å². The molecule has 0 aromatic heterocycles. The molecule has 0 radical (unpaired) electrons. The molecule has 7 N–H and O–H groups in total. The van der Waals surface area contributed by atoms with E-state index in [-0.39, 0.29) is 18.2 Å². The van der Waals surface area contributed by atoms with Crippen molar-refractivity contribution in [2.75, 3.05) is 6.54 Å². The summed E-state index contributed by atoms with van der Waals surface area (Å²) in [5.74, 6) is 0. The van der Waals surface area contributed by atoms with Crippen molar-refractivity contribution in [3.05, 3.63) is 0 Å². The molecule has 3 unspecified atom stereocenters. The average molecular weight is 130 g/mol. The summed E-state index contributed by atoms with van der Waals surface area (Å²) in [5.41, 5.74) is 16.7. The van der Waals surface area contributed by atoms with Gasteiger partial charge in [-0.1, -0.05) is 0 Å². The Hall–Kier alpha value is -0.160. The molecule has 0 spiro atoms. The molecule has 1 heterocycles. The lowest BCUT2D eigenvalue weighted by molar-refractivity contribution is 0.327. The second-order valence-electron chi connectivity index (χ2n) is 2.59. The van der Waals surface area contributed by atoms with Crippen LogP contribution in [0.5, 0.6) is 0 Å². The van der Waals surface area contributed by atoms with Crippen molar-refractivity contribution >= 4 is 0 Å². The van der Waals surface area contributed by atoms with Crippen LogP contribution in [0.4, 0.5) is 0 Å². The van der Waals surface area contributed by atoms with Gasteiger partial charge in [0.2, 0.25) is 0 Å². The van der Waals surface area contributed by atoms with E-state index in [1.54, 1.807) is 0 Å². The maximum absolute atomic E-state index is 5.60. The predicted octanol–water partition coefficient (Wildman–Crippen LogP) is -2.08. The Bertz CT molecular complexity index is 95.0. The molecular formula is C5H14N4. The van der Waals surface area contributed by atoms with Gasteiger partial charge in [-0.3, -0.25) is 5.32 Å². The number of hydrogen-bond acceptors (Lipinski definition) is 4. The zero-order valence-corrected chi connectivity index (χ0v) is 5.38. The van der Waals surface area contributed by atoms with Crippen LogP contribution in [0.25, 0.3) is 0 Å². The molecular weight excluding hydrogens is 116 g/mol. The molecule has 0 saturated carbocycles. The summed E-state index contributed by atoms with van der Waals surface area (Å²) in [6.45, 7) is 0.787. The van der Waals surface area contributed by atoms with Gasteiger partial charge in [-0.25, -0.2) is 0 Å². The Balaban J connectivity index is 2.35. The van der Waals surface area contributed by atoms with Crippen LogP contribution < -0.4 is 22.5 Å². The first kappa shape index (κ1) is 6.95. The third kappa shape index (κ3) is 1.62. The minimum atomic E-state index is -0.0650. The van der Waals surface area contributed by atoms with E-state index < -0.39 is 0 Å². The van der Waals surface area contributed by atoms with Crippen molar-refractivity contribution in [2.45, 2.75) is 24.7 Å². The molecule has 0 aromatic carbocycles. The molecule has 4 nitrogen and oxygen atoms in total. The summed E-state index contributed by atoms with van der Waals surface area (Å²) < 4.78 is 0. The number of nitrogens with two attached hydrogens (primary N) is 3. The summed E-state index contributed by atoms with van der Waals surface area (Å²) in [6, 6.07) is 0.202. The fraction of sp³-hybridized carbons (Fsp3) is 1.00. The smallest absolute Gasteiger partial charge is 0.0703 e. The van der Waals surface area contributed by atoms with E-state index in [4.69, 9.17) is 17.2 Å². The van der Waals surface area contributed by atoms with Crippen molar-refractivity contribution in [1.82, 2.24) is 5.32 Å². The van der Waals surface area contributed by atoms with Crippen LogP contribution in [0, 0.1) is 0 Å². The summed E-state index contributed by atoms with van der Waals surface area (Å²) >= 11 is 0. The summed E-state index contributed by atoms with van der Waals surface area (Å²) in [4.78, 5) is 0. The Labute approximate surface area is 54.8 Å². The van der Waals surface area contributed by atoms with Gasteiger partial charge < -0.3 is 17.2 Å². The van der Waals surface area contributed by atoms with Crippen molar-refractivity contribution in [3.63, 3.8) is 0 Å². The number of nitrogens with one attached hydrogen (secondary N) is 1. The third-order valence-electron chi connectivity index (χ3n) is 1.65. The van der Waals surface area contributed by atoms with Gasteiger partial charge in [0.15, 0.2) is 0 Å². The predicted molar refractivity (Wildman–Crippen MR) is 36.5 cm³/mol. The Morgan fingerprint density at radius 1 is 1.22 bits per heavy atom. The lowest BCUT2D eigenvalue weighted by Crippen LogP contribution is -2.60. The van der Waals surface area contributed by atoms with Gasteiger partial charge in [0.25, 0.3) is 0 Å². The van der Waals surface area contributed by atoms with E-state index in [0.717, 1.165) is 13.0 Å². The topological polar surface area (TPSA) is 90.1 Å². The molecule has 1 saturated heterocycles. The number of hydrogen-bond donors (Lipinski definition) is 4. The summed E-state index contributed by atoms with van der Waals surface area (Å²) in [5, 5.41) is 3.01. The fourth-order valence-corrected chi connectivity index (χ4v) is 1.02. The van der Waals surface area contributed by atoms with E-state index in [2.05, 4.69) is 5.32 Å². The van der Waals surface area contributed by atoms with Crippen LogP contribution in [0.2, 0.25) is 0 Å². The Morgan fingerprint density at radius 2 is 1.89 bits per heavy atom. The van der Waals surface area contributed by atoms with E-state index in [1.165, 1.54) is 0 Å². The minimum absolute atomic E-state index is 0.0220. The quantitative estimate of drug-likeness (QED) is 0.303. The van der Waals surface area contributed by atoms with Gasteiger partial charge in [0, 0.05) is 18.6 Å². The van der Waals surface area contributed by atoms with Crippen LogP contribution in [0.15, 0.2) is 0 Å². The lowest BCUT2D eigenvalue weighted by atomic mass is 10.0. The van der Waals surface area contributed by atoms with E-state index in [9.17, 15) is 0 Å². The first-order valence-electron chi connectivity index (χ1n) is 3.20. The van der Waals surface area contributed by atoms with Crippen LogP contribution in [0.1, 0.15) is 6.42 Å². The minimum Gasteiger partial charge on any atom is -0.326 e. The second-order valence-corrected chi connectivity index (χ2v) is 2.59. The van der Waals surface area contributed by atoms with Gasteiger partial charge in [-0.15, -0.1) is 0 Å². The molecule has 4 heteroatoms. The molecule has 1 aliphatic heterocycles. The van der Waals surface area contributed by atoms with Crippen LogP contribution >= 0.6 is 0 Å². The van der Waals surface area contributed by atoms with Crippen LogP contribution in [-0.4, -0.2) is 24.8 Å². The van der Waals surface area contributed by atoms with Gasteiger partial charge in [-0.05, 0) is 6.42 Å². The zero-order chi connectivity index (χ0) is 6.85. The Morgan fingerprint density at radius 3 is 2.33 bits per heavy atom. The summed E-state index contributed by atoms with van der Waals surface area (Å²) in [6.07, 6.45) is 0.763. The molecule has 9 heavy (non-hydrogen) atoms. The van der Waals surface area contributed by atoms with E-state index in [0.29, 0.717) is 0 Å². The molecule has 0 aliphatic carbocycles. The monoisotopic (exact) mass is 130 g/mol. The first-order chi connectivity index (χ1) is 4.20. The summed E-state index contributed by atoms with van der Waals surface area (Å²) in [7, 11) is 0.